The smallest absolute Gasteiger partial charge is 0.263 e. The summed E-state index contributed by atoms with van der Waals surface area (Å²) >= 11 is 1.39. The molecule has 6 heteroatoms. The van der Waals surface area contributed by atoms with Crippen LogP contribution in [0.1, 0.15) is 21.8 Å². The lowest BCUT2D eigenvalue weighted by Crippen LogP contribution is -2.62. The fourth-order valence-corrected chi connectivity index (χ4v) is 3.88. The summed E-state index contributed by atoms with van der Waals surface area (Å²) in [7, 11) is 1.69. The van der Waals surface area contributed by atoms with Crippen molar-refractivity contribution in [3.8, 4) is 0 Å². The number of carbonyl (C=O) groups excluding carboxylic acids is 1. The number of amides is 1. The molecule has 1 aromatic heterocycles. The van der Waals surface area contributed by atoms with Crippen molar-refractivity contribution in [2.75, 3.05) is 20.3 Å². The first-order valence-electron chi connectivity index (χ1n) is 6.54. The standard InChI is InChI=1S/C13H18N2O3S/c1-7-12(19-6-14-7)13(16)15-10-8-3-4-18-11(8)9(10)5-17-2/h6,8-11H,3-5H2,1-2H3,(H,15,16)/t8-,9+,10+,11-/m0/s1. The minimum atomic E-state index is -0.0172. The third-order valence-corrected chi connectivity index (χ3v) is 5.06. The number of nitrogens with one attached hydrogen (secondary N) is 1. The number of rotatable bonds is 4. The van der Waals surface area contributed by atoms with Gasteiger partial charge in [0.25, 0.3) is 5.91 Å². The maximum atomic E-state index is 12.2. The van der Waals surface area contributed by atoms with Crippen LogP contribution in [-0.2, 0) is 9.47 Å². The average Bonchev–Trinajstić information content (AvgIpc) is 2.99. The van der Waals surface area contributed by atoms with Crippen LogP contribution in [0.15, 0.2) is 5.51 Å². The third-order valence-electron chi connectivity index (χ3n) is 4.14. The Morgan fingerprint density at radius 1 is 1.68 bits per heavy atom. The van der Waals surface area contributed by atoms with Crippen LogP contribution in [-0.4, -0.2) is 43.4 Å². The largest absolute Gasteiger partial charge is 0.384 e. The number of carbonyl (C=O) groups is 1. The van der Waals surface area contributed by atoms with Gasteiger partial charge in [0.15, 0.2) is 0 Å². The van der Waals surface area contributed by atoms with Gasteiger partial charge in [-0.1, -0.05) is 0 Å². The molecule has 0 radical (unpaired) electrons. The molecule has 4 atom stereocenters. The van der Waals surface area contributed by atoms with Gasteiger partial charge in [0.05, 0.1) is 23.9 Å². The van der Waals surface area contributed by atoms with Crippen molar-refractivity contribution in [2.24, 2.45) is 11.8 Å². The fourth-order valence-electron chi connectivity index (χ4n) is 3.17. The molecule has 5 nitrogen and oxygen atoms in total. The summed E-state index contributed by atoms with van der Waals surface area (Å²) in [6.45, 7) is 3.29. The zero-order valence-corrected chi connectivity index (χ0v) is 11.9. The van der Waals surface area contributed by atoms with Crippen molar-refractivity contribution in [3.63, 3.8) is 0 Å². The Morgan fingerprint density at radius 3 is 3.21 bits per heavy atom. The van der Waals surface area contributed by atoms with Gasteiger partial charge < -0.3 is 14.8 Å². The summed E-state index contributed by atoms with van der Waals surface area (Å²) in [5.41, 5.74) is 2.50. The number of aromatic nitrogens is 1. The maximum Gasteiger partial charge on any atom is 0.263 e. The molecule has 2 fully saturated rings. The Labute approximate surface area is 116 Å². The second-order valence-electron chi connectivity index (χ2n) is 5.17. The van der Waals surface area contributed by atoms with Crippen molar-refractivity contribution < 1.29 is 14.3 Å². The van der Waals surface area contributed by atoms with Crippen LogP contribution in [0.3, 0.4) is 0 Å². The molecule has 0 spiro atoms. The van der Waals surface area contributed by atoms with Gasteiger partial charge in [-0.2, -0.15) is 0 Å². The van der Waals surface area contributed by atoms with E-state index in [0.29, 0.717) is 17.4 Å². The lowest BCUT2D eigenvalue weighted by molar-refractivity contribution is -0.0809. The highest BCUT2D eigenvalue weighted by Gasteiger charge is 2.54. The van der Waals surface area contributed by atoms with E-state index in [9.17, 15) is 4.79 Å². The van der Waals surface area contributed by atoms with Crippen molar-refractivity contribution in [1.82, 2.24) is 10.3 Å². The number of ether oxygens (including phenoxy) is 2. The fraction of sp³-hybridized carbons (Fsp3) is 0.692. The molecule has 1 aliphatic carbocycles. The topological polar surface area (TPSA) is 60.5 Å². The molecule has 1 aromatic rings. The van der Waals surface area contributed by atoms with E-state index in [4.69, 9.17) is 9.47 Å². The number of hydrogen-bond acceptors (Lipinski definition) is 5. The van der Waals surface area contributed by atoms with Gasteiger partial charge in [-0.3, -0.25) is 4.79 Å². The minimum absolute atomic E-state index is 0.0172. The highest BCUT2D eigenvalue weighted by atomic mass is 32.1. The molecule has 1 amide bonds. The van der Waals surface area contributed by atoms with Crippen molar-refractivity contribution in [1.29, 1.82) is 0 Å². The van der Waals surface area contributed by atoms with E-state index in [0.717, 1.165) is 18.7 Å². The number of nitrogens with zero attached hydrogens (tertiary/aromatic N) is 1. The third kappa shape index (κ3) is 2.17. The van der Waals surface area contributed by atoms with Crippen molar-refractivity contribution in [2.45, 2.75) is 25.5 Å². The highest BCUT2D eigenvalue weighted by Crippen LogP contribution is 2.43. The lowest BCUT2D eigenvalue weighted by Gasteiger charge is -2.47. The molecule has 0 bridgehead atoms. The van der Waals surface area contributed by atoms with E-state index in [2.05, 4.69) is 10.3 Å². The summed E-state index contributed by atoms with van der Waals surface area (Å²) in [5.74, 6) is 0.698. The Hall–Kier alpha value is -0.980. The second kappa shape index (κ2) is 5.19. The van der Waals surface area contributed by atoms with Crippen LogP contribution in [0.25, 0.3) is 0 Å². The van der Waals surface area contributed by atoms with Crippen LogP contribution >= 0.6 is 11.3 Å². The monoisotopic (exact) mass is 282 g/mol. The molecule has 1 N–H and O–H groups in total. The van der Waals surface area contributed by atoms with E-state index in [1.165, 1.54) is 11.3 Å². The molecule has 104 valence electrons. The van der Waals surface area contributed by atoms with Crippen LogP contribution < -0.4 is 5.32 Å². The molecule has 0 unspecified atom stereocenters. The molecule has 1 saturated carbocycles. The first-order chi connectivity index (χ1) is 9.22. The predicted molar refractivity (Wildman–Crippen MR) is 71.3 cm³/mol. The van der Waals surface area contributed by atoms with Gasteiger partial charge in [0.1, 0.15) is 4.88 Å². The molecule has 1 aliphatic heterocycles. The first kappa shape index (κ1) is 13.0. The predicted octanol–water partition coefficient (Wildman–Crippen LogP) is 1.23. The van der Waals surface area contributed by atoms with Crippen molar-refractivity contribution in [3.05, 3.63) is 16.1 Å². The van der Waals surface area contributed by atoms with E-state index in [1.54, 1.807) is 12.6 Å². The molecule has 2 heterocycles. The number of methoxy groups -OCH3 is 1. The number of aryl methyl sites for hydroxylation is 1. The summed E-state index contributed by atoms with van der Waals surface area (Å²) in [5, 5.41) is 3.14. The Morgan fingerprint density at radius 2 is 2.53 bits per heavy atom. The normalized spacial score (nSPS) is 32.7. The summed E-state index contributed by atoms with van der Waals surface area (Å²) in [6, 6.07) is 0.168. The van der Waals surface area contributed by atoms with Crippen molar-refractivity contribution >= 4 is 17.2 Å². The van der Waals surface area contributed by atoms with Gasteiger partial charge >= 0.3 is 0 Å². The van der Waals surface area contributed by atoms with Gasteiger partial charge in [-0.25, -0.2) is 4.98 Å². The number of hydrogen-bond donors (Lipinski definition) is 1. The van der Waals surface area contributed by atoms with Gasteiger partial charge in [0, 0.05) is 31.6 Å². The SMILES string of the molecule is COC[C@@H]1[C@H](NC(=O)c2scnc2C)[C@@H]2CCO[C@H]12. The zero-order chi connectivity index (χ0) is 13.4. The van der Waals surface area contributed by atoms with Gasteiger partial charge in [-0.15, -0.1) is 11.3 Å². The second-order valence-corrected chi connectivity index (χ2v) is 6.03. The Bertz CT molecular complexity index is 476. The first-order valence-corrected chi connectivity index (χ1v) is 7.42. The number of fused-ring (bicyclic) bond motifs is 1. The molecule has 2 aliphatic rings. The molecule has 1 saturated heterocycles. The summed E-state index contributed by atoms with van der Waals surface area (Å²) in [4.78, 5) is 17.1. The maximum absolute atomic E-state index is 12.2. The van der Waals surface area contributed by atoms with Gasteiger partial charge in [-0.05, 0) is 13.3 Å². The van der Waals surface area contributed by atoms with E-state index in [1.807, 2.05) is 6.92 Å². The van der Waals surface area contributed by atoms with E-state index >= 15 is 0 Å². The van der Waals surface area contributed by atoms with Crippen LogP contribution in [0.2, 0.25) is 0 Å². The Balaban J connectivity index is 1.68. The lowest BCUT2D eigenvalue weighted by atomic mass is 9.67. The van der Waals surface area contributed by atoms with E-state index < -0.39 is 0 Å². The molecule has 19 heavy (non-hydrogen) atoms. The van der Waals surface area contributed by atoms with E-state index in [-0.39, 0.29) is 24.0 Å². The summed E-state index contributed by atoms with van der Waals surface area (Å²) in [6.07, 6.45) is 1.28. The molecule has 0 aromatic carbocycles. The molecular formula is C13H18N2O3S. The van der Waals surface area contributed by atoms with Gasteiger partial charge in [0.2, 0.25) is 0 Å². The quantitative estimate of drug-likeness (QED) is 0.902. The molecular weight excluding hydrogens is 264 g/mol. The van der Waals surface area contributed by atoms with Crippen LogP contribution in [0.4, 0.5) is 0 Å². The molecule has 3 rings (SSSR count). The van der Waals surface area contributed by atoms with Crippen LogP contribution in [0, 0.1) is 18.8 Å². The minimum Gasteiger partial charge on any atom is -0.384 e. The number of thiazole rings is 1. The Kier molecular flexibility index (Phi) is 3.56. The zero-order valence-electron chi connectivity index (χ0n) is 11.1. The highest BCUT2D eigenvalue weighted by molar-refractivity contribution is 7.11. The average molecular weight is 282 g/mol. The van der Waals surface area contributed by atoms with Crippen LogP contribution in [0.5, 0.6) is 0 Å². The summed E-state index contributed by atoms with van der Waals surface area (Å²) < 4.78 is 10.9.